The highest BCUT2D eigenvalue weighted by Gasteiger charge is 2.39. The molecule has 8 nitrogen and oxygen atoms in total. The van der Waals surface area contributed by atoms with Crippen molar-refractivity contribution in [3.63, 3.8) is 0 Å². The maximum atomic E-state index is 12.5. The number of amides is 1. The van der Waals surface area contributed by atoms with Crippen LogP contribution in [-0.2, 0) is 24.3 Å². The minimum atomic E-state index is -3.41. The van der Waals surface area contributed by atoms with E-state index in [4.69, 9.17) is 9.84 Å². The summed E-state index contributed by atoms with van der Waals surface area (Å²) in [5.74, 6) is -1.23. The molecule has 0 aromatic heterocycles. The van der Waals surface area contributed by atoms with Crippen LogP contribution in [0, 0.1) is 0 Å². The Morgan fingerprint density at radius 3 is 2.67 bits per heavy atom. The highest BCUT2D eigenvalue weighted by atomic mass is 32.2. The fourth-order valence-corrected chi connectivity index (χ4v) is 3.95. The van der Waals surface area contributed by atoms with Crippen LogP contribution >= 0.6 is 0 Å². The molecule has 120 valence electrons. The van der Waals surface area contributed by atoms with E-state index < -0.39 is 28.1 Å². The Labute approximate surface area is 123 Å². The van der Waals surface area contributed by atoms with Crippen LogP contribution in [0.4, 0.5) is 0 Å². The zero-order valence-electron chi connectivity index (χ0n) is 11.9. The van der Waals surface area contributed by atoms with Gasteiger partial charge in [-0.15, -0.1) is 0 Å². The first-order valence-electron chi connectivity index (χ1n) is 6.88. The van der Waals surface area contributed by atoms with Gasteiger partial charge in [-0.1, -0.05) is 0 Å². The molecule has 2 fully saturated rings. The summed E-state index contributed by atoms with van der Waals surface area (Å²) in [6.07, 6.45) is 1.57. The van der Waals surface area contributed by atoms with Gasteiger partial charge in [0.25, 0.3) is 0 Å². The van der Waals surface area contributed by atoms with E-state index >= 15 is 0 Å². The standard InChI is InChI=1S/C12H20N2O6S/c1-21(18,19)14-4-2-3-10(14)12(17)13-5-6-20-9(8-13)7-11(15)16/h9-10H,2-8H2,1H3,(H,15,16)/t9-,10+/m1/s1. The predicted octanol–water partition coefficient (Wildman–Crippen LogP) is -0.887. The number of ether oxygens (including phenoxy) is 1. The van der Waals surface area contributed by atoms with E-state index in [1.54, 1.807) is 0 Å². The van der Waals surface area contributed by atoms with Gasteiger partial charge in [-0.25, -0.2) is 8.42 Å². The second-order valence-corrected chi connectivity index (χ2v) is 7.34. The van der Waals surface area contributed by atoms with E-state index in [1.165, 1.54) is 9.21 Å². The number of hydrogen-bond donors (Lipinski definition) is 1. The van der Waals surface area contributed by atoms with Crippen LogP contribution in [0.2, 0.25) is 0 Å². The van der Waals surface area contributed by atoms with Gasteiger partial charge < -0.3 is 14.7 Å². The molecule has 2 atom stereocenters. The lowest BCUT2D eigenvalue weighted by Crippen LogP contribution is -2.53. The molecule has 0 spiro atoms. The monoisotopic (exact) mass is 320 g/mol. The topological polar surface area (TPSA) is 104 Å². The summed E-state index contributed by atoms with van der Waals surface area (Å²) in [4.78, 5) is 24.7. The fraction of sp³-hybridized carbons (Fsp3) is 0.833. The Hall–Kier alpha value is -1.19. The molecule has 0 aromatic rings. The Morgan fingerprint density at radius 2 is 2.05 bits per heavy atom. The number of carboxylic acids is 1. The van der Waals surface area contributed by atoms with Crippen LogP contribution in [-0.4, -0.2) is 79.2 Å². The second-order valence-electron chi connectivity index (χ2n) is 5.41. The summed E-state index contributed by atoms with van der Waals surface area (Å²) < 4.78 is 29.9. The maximum absolute atomic E-state index is 12.5. The van der Waals surface area contributed by atoms with E-state index in [1.807, 2.05) is 0 Å². The number of morpholine rings is 1. The molecule has 0 aromatic carbocycles. The molecule has 2 heterocycles. The molecular weight excluding hydrogens is 300 g/mol. The molecule has 0 aliphatic carbocycles. The molecule has 0 bridgehead atoms. The zero-order valence-corrected chi connectivity index (χ0v) is 12.7. The third-order valence-corrected chi connectivity index (χ3v) is 5.06. The summed E-state index contributed by atoms with van der Waals surface area (Å²) >= 11 is 0. The van der Waals surface area contributed by atoms with E-state index in [-0.39, 0.29) is 25.5 Å². The number of rotatable bonds is 4. The Morgan fingerprint density at radius 1 is 1.33 bits per heavy atom. The van der Waals surface area contributed by atoms with E-state index in [2.05, 4.69) is 0 Å². The molecule has 9 heteroatoms. The molecule has 21 heavy (non-hydrogen) atoms. The first-order valence-corrected chi connectivity index (χ1v) is 8.73. The van der Waals surface area contributed by atoms with E-state index in [0.717, 1.165) is 6.26 Å². The third-order valence-electron chi connectivity index (χ3n) is 3.77. The van der Waals surface area contributed by atoms with Crippen LogP contribution in [0.5, 0.6) is 0 Å². The SMILES string of the molecule is CS(=O)(=O)N1CCC[C@H]1C(=O)N1CCO[C@H](CC(=O)O)C1. The summed E-state index contributed by atoms with van der Waals surface area (Å²) in [6.45, 7) is 1.19. The lowest BCUT2D eigenvalue weighted by Gasteiger charge is -2.35. The van der Waals surface area contributed by atoms with Crippen molar-refractivity contribution in [1.82, 2.24) is 9.21 Å². The van der Waals surface area contributed by atoms with E-state index in [9.17, 15) is 18.0 Å². The molecule has 0 saturated carbocycles. The zero-order chi connectivity index (χ0) is 15.6. The van der Waals surface area contributed by atoms with Gasteiger partial charge in [0.1, 0.15) is 6.04 Å². The quantitative estimate of drug-likeness (QED) is 0.721. The Kier molecular flexibility index (Phi) is 4.84. The fourth-order valence-electron chi connectivity index (χ4n) is 2.83. The normalized spacial score (nSPS) is 27.8. The maximum Gasteiger partial charge on any atom is 0.306 e. The molecular formula is C12H20N2O6S. The van der Waals surface area contributed by atoms with Crippen LogP contribution in [0.25, 0.3) is 0 Å². The highest BCUT2D eigenvalue weighted by Crippen LogP contribution is 2.23. The van der Waals surface area contributed by atoms with Crippen LogP contribution in [0.15, 0.2) is 0 Å². The number of nitrogens with zero attached hydrogens (tertiary/aromatic N) is 2. The van der Waals surface area contributed by atoms with Gasteiger partial charge in [0.15, 0.2) is 0 Å². The number of sulfonamides is 1. The van der Waals surface area contributed by atoms with Crippen molar-refractivity contribution in [2.45, 2.75) is 31.4 Å². The third kappa shape index (κ3) is 3.92. The van der Waals surface area contributed by atoms with Crippen molar-refractivity contribution in [2.75, 3.05) is 32.5 Å². The lowest BCUT2D eigenvalue weighted by molar-refractivity contribution is -0.149. The lowest BCUT2D eigenvalue weighted by atomic mass is 10.1. The van der Waals surface area contributed by atoms with Crippen LogP contribution in [0.1, 0.15) is 19.3 Å². The largest absolute Gasteiger partial charge is 0.481 e. The van der Waals surface area contributed by atoms with Crippen LogP contribution in [0.3, 0.4) is 0 Å². The first-order chi connectivity index (χ1) is 9.79. The second kappa shape index (κ2) is 6.29. The molecule has 2 aliphatic rings. The Bertz CT molecular complexity index is 520. The van der Waals surface area contributed by atoms with Gasteiger partial charge in [-0.05, 0) is 12.8 Å². The number of aliphatic carboxylic acids is 1. The van der Waals surface area contributed by atoms with Crippen molar-refractivity contribution in [3.05, 3.63) is 0 Å². The van der Waals surface area contributed by atoms with Gasteiger partial charge in [0.05, 0.1) is 25.4 Å². The smallest absolute Gasteiger partial charge is 0.306 e. The van der Waals surface area contributed by atoms with Gasteiger partial charge in [-0.3, -0.25) is 9.59 Å². The summed E-state index contributed by atoms with van der Waals surface area (Å²) in [5, 5.41) is 8.78. The molecule has 1 amide bonds. The molecule has 1 N–H and O–H groups in total. The average Bonchev–Trinajstić information content (AvgIpc) is 2.86. The minimum absolute atomic E-state index is 0.162. The molecule has 2 aliphatic heterocycles. The summed E-state index contributed by atoms with van der Waals surface area (Å²) in [5.41, 5.74) is 0. The number of carbonyl (C=O) groups is 2. The highest BCUT2D eigenvalue weighted by molar-refractivity contribution is 7.88. The van der Waals surface area contributed by atoms with Gasteiger partial charge in [0.2, 0.25) is 15.9 Å². The number of carboxylic acid groups (broad SMARTS) is 1. The van der Waals surface area contributed by atoms with Crippen molar-refractivity contribution in [1.29, 1.82) is 0 Å². The van der Waals surface area contributed by atoms with Gasteiger partial charge in [0, 0.05) is 19.6 Å². The molecule has 2 saturated heterocycles. The van der Waals surface area contributed by atoms with Crippen molar-refractivity contribution >= 4 is 21.9 Å². The van der Waals surface area contributed by atoms with Crippen molar-refractivity contribution < 1.29 is 27.9 Å². The first kappa shape index (κ1) is 16.2. The molecule has 2 rings (SSSR count). The number of hydrogen-bond acceptors (Lipinski definition) is 5. The van der Waals surface area contributed by atoms with Crippen molar-refractivity contribution in [3.8, 4) is 0 Å². The predicted molar refractivity (Wildman–Crippen MR) is 73.1 cm³/mol. The summed E-state index contributed by atoms with van der Waals surface area (Å²) in [6, 6.07) is -0.663. The molecule has 0 unspecified atom stereocenters. The Balaban J connectivity index is 2.03. The summed E-state index contributed by atoms with van der Waals surface area (Å²) in [7, 11) is -3.41. The minimum Gasteiger partial charge on any atom is -0.481 e. The molecule has 0 radical (unpaired) electrons. The average molecular weight is 320 g/mol. The van der Waals surface area contributed by atoms with E-state index in [0.29, 0.717) is 25.9 Å². The number of carbonyl (C=O) groups excluding carboxylic acids is 1. The van der Waals surface area contributed by atoms with Gasteiger partial charge >= 0.3 is 5.97 Å². The van der Waals surface area contributed by atoms with Crippen molar-refractivity contribution in [2.24, 2.45) is 0 Å². The van der Waals surface area contributed by atoms with Gasteiger partial charge in [-0.2, -0.15) is 4.31 Å². The van der Waals surface area contributed by atoms with Crippen LogP contribution < -0.4 is 0 Å².